The molecule has 0 saturated heterocycles. The minimum absolute atomic E-state index is 0. The van der Waals surface area contributed by atoms with Gasteiger partial charge in [0.2, 0.25) is 0 Å². The molecule has 2 aromatic rings. The summed E-state index contributed by atoms with van der Waals surface area (Å²) >= 11 is 5.02. The lowest BCUT2D eigenvalue weighted by atomic mass is 10.3. The third kappa shape index (κ3) is 7.63. The SMILES string of the molecule is CN=C(NCCc1cccs1)NCCS(=O)(=O)c1ccc(Br)cc1.I. The van der Waals surface area contributed by atoms with Crippen LogP contribution in [-0.2, 0) is 16.3 Å². The van der Waals surface area contributed by atoms with E-state index in [4.69, 9.17) is 0 Å². The van der Waals surface area contributed by atoms with Gasteiger partial charge >= 0.3 is 0 Å². The first-order valence-corrected chi connectivity index (χ1v) is 10.8. The quantitative estimate of drug-likeness (QED) is 0.311. The van der Waals surface area contributed by atoms with Crippen molar-refractivity contribution in [3.8, 4) is 0 Å². The molecule has 1 heterocycles. The maximum atomic E-state index is 12.3. The molecule has 1 aromatic carbocycles. The Kier molecular flexibility index (Phi) is 9.98. The van der Waals surface area contributed by atoms with Crippen LogP contribution in [0.5, 0.6) is 0 Å². The first-order chi connectivity index (χ1) is 11.5. The molecule has 0 aliphatic carbocycles. The molecule has 0 aliphatic heterocycles. The second-order valence-corrected chi connectivity index (χ2v) is 9.08. The van der Waals surface area contributed by atoms with Gasteiger partial charge in [-0.3, -0.25) is 4.99 Å². The van der Waals surface area contributed by atoms with Crippen molar-refractivity contribution in [2.45, 2.75) is 11.3 Å². The molecule has 25 heavy (non-hydrogen) atoms. The smallest absolute Gasteiger partial charge is 0.191 e. The van der Waals surface area contributed by atoms with E-state index in [1.165, 1.54) is 4.88 Å². The highest BCUT2D eigenvalue weighted by Crippen LogP contribution is 2.15. The molecule has 9 heteroatoms. The molecule has 0 unspecified atom stereocenters. The van der Waals surface area contributed by atoms with Crippen molar-refractivity contribution < 1.29 is 8.42 Å². The molecule has 0 amide bonds. The number of rotatable bonds is 7. The van der Waals surface area contributed by atoms with Gasteiger partial charge in [0.05, 0.1) is 10.6 Å². The Morgan fingerprint density at radius 1 is 1.16 bits per heavy atom. The molecule has 2 rings (SSSR count). The van der Waals surface area contributed by atoms with Crippen LogP contribution in [-0.4, -0.2) is 40.3 Å². The third-order valence-electron chi connectivity index (χ3n) is 3.30. The van der Waals surface area contributed by atoms with Crippen molar-refractivity contribution >= 4 is 67.0 Å². The third-order valence-corrected chi connectivity index (χ3v) is 6.50. The van der Waals surface area contributed by atoms with Gasteiger partial charge in [-0.1, -0.05) is 22.0 Å². The normalized spacial score (nSPS) is 11.7. The maximum Gasteiger partial charge on any atom is 0.191 e. The van der Waals surface area contributed by atoms with Gasteiger partial charge in [0.15, 0.2) is 15.8 Å². The van der Waals surface area contributed by atoms with E-state index >= 15 is 0 Å². The second-order valence-electron chi connectivity index (χ2n) is 5.03. The summed E-state index contributed by atoms with van der Waals surface area (Å²) in [5, 5.41) is 8.28. The number of thiophene rings is 1. The van der Waals surface area contributed by atoms with Gasteiger partial charge in [0.25, 0.3) is 0 Å². The highest BCUT2D eigenvalue weighted by molar-refractivity contribution is 14.0. The minimum atomic E-state index is -3.30. The summed E-state index contributed by atoms with van der Waals surface area (Å²) < 4.78 is 25.4. The molecule has 0 spiro atoms. The molecule has 0 radical (unpaired) electrons. The lowest BCUT2D eigenvalue weighted by Gasteiger charge is -2.11. The van der Waals surface area contributed by atoms with E-state index in [1.54, 1.807) is 42.6 Å². The Morgan fingerprint density at radius 2 is 1.84 bits per heavy atom. The zero-order valence-electron chi connectivity index (χ0n) is 13.7. The van der Waals surface area contributed by atoms with Crippen LogP contribution in [0, 0.1) is 0 Å². The summed E-state index contributed by atoms with van der Waals surface area (Å²) in [6.07, 6.45) is 0.912. The Morgan fingerprint density at radius 3 is 2.44 bits per heavy atom. The lowest BCUT2D eigenvalue weighted by molar-refractivity contribution is 0.594. The van der Waals surface area contributed by atoms with Gasteiger partial charge < -0.3 is 10.6 Å². The largest absolute Gasteiger partial charge is 0.356 e. The maximum absolute atomic E-state index is 12.3. The van der Waals surface area contributed by atoms with E-state index in [0.29, 0.717) is 17.4 Å². The van der Waals surface area contributed by atoms with Gasteiger partial charge in [-0.05, 0) is 42.1 Å². The average molecular weight is 558 g/mol. The number of sulfone groups is 1. The molecule has 2 N–H and O–H groups in total. The van der Waals surface area contributed by atoms with Crippen molar-refractivity contribution in [2.24, 2.45) is 4.99 Å². The molecule has 0 atom stereocenters. The summed E-state index contributed by atoms with van der Waals surface area (Å²) in [5.74, 6) is 0.623. The summed E-state index contributed by atoms with van der Waals surface area (Å²) in [5.41, 5.74) is 0. The first-order valence-electron chi connectivity index (χ1n) is 7.46. The topological polar surface area (TPSA) is 70.6 Å². The summed E-state index contributed by atoms with van der Waals surface area (Å²) in [7, 11) is -1.63. The Hall–Kier alpha value is -0.650. The number of halogens is 2. The van der Waals surface area contributed by atoms with E-state index in [0.717, 1.165) is 17.4 Å². The highest BCUT2D eigenvalue weighted by atomic mass is 127. The summed E-state index contributed by atoms with van der Waals surface area (Å²) in [6, 6.07) is 10.8. The standard InChI is InChI=1S/C16H20BrN3O2S2.HI/c1-18-16(19-9-8-14-3-2-11-23-14)20-10-12-24(21,22)15-6-4-13(17)5-7-15;/h2-7,11H,8-10,12H2,1H3,(H2,18,19,20);1H. The van der Waals surface area contributed by atoms with E-state index in [2.05, 4.69) is 43.0 Å². The molecular weight excluding hydrogens is 537 g/mol. The number of guanidine groups is 1. The molecule has 1 aromatic heterocycles. The van der Waals surface area contributed by atoms with Crippen LogP contribution >= 0.6 is 51.2 Å². The number of nitrogens with zero attached hydrogens (tertiary/aromatic N) is 1. The molecule has 138 valence electrons. The van der Waals surface area contributed by atoms with Gasteiger partial charge in [0, 0.05) is 29.5 Å². The van der Waals surface area contributed by atoms with Crippen molar-refractivity contribution in [3.63, 3.8) is 0 Å². The predicted molar refractivity (Wildman–Crippen MR) is 119 cm³/mol. The number of aliphatic imine (C=N–C) groups is 1. The highest BCUT2D eigenvalue weighted by Gasteiger charge is 2.14. The summed E-state index contributed by atoms with van der Waals surface area (Å²) in [6.45, 7) is 1.05. The minimum Gasteiger partial charge on any atom is -0.356 e. The number of benzene rings is 1. The van der Waals surface area contributed by atoms with Crippen molar-refractivity contribution in [2.75, 3.05) is 25.9 Å². The van der Waals surface area contributed by atoms with E-state index in [-0.39, 0.29) is 29.7 Å². The van der Waals surface area contributed by atoms with Gasteiger partial charge in [-0.15, -0.1) is 35.3 Å². The lowest BCUT2D eigenvalue weighted by Crippen LogP contribution is -2.40. The Bertz CT molecular complexity index is 763. The zero-order chi connectivity index (χ0) is 17.4. The fourth-order valence-corrected chi connectivity index (χ4v) is 4.17. The Balaban J connectivity index is 0.00000312. The van der Waals surface area contributed by atoms with Crippen LogP contribution in [0.4, 0.5) is 0 Å². The monoisotopic (exact) mass is 557 g/mol. The van der Waals surface area contributed by atoms with Crippen molar-refractivity contribution in [1.29, 1.82) is 0 Å². The van der Waals surface area contributed by atoms with Crippen LogP contribution in [0.15, 0.2) is 56.1 Å². The fraction of sp³-hybridized carbons (Fsp3) is 0.312. The molecule has 5 nitrogen and oxygen atoms in total. The van der Waals surface area contributed by atoms with Crippen LogP contribution in [0.2, 0.25) is 0 Å². The fourth-order valence-electron chi connectivity index (χ4n) is 2.04. The Labute approximate surface area is 178 Å². The van der Waals surface area contributed by atoms with E-state index < -0.39 is 9.84 Å². The van der Waals surface area contributed by atoms with Crippen LogP contribution < -0.4 is 10.6 Å². The van der Waals surface area contributed by atoms with Crippen molar-refractivity contribution in [3.05, 3.63) is 51.1 Å². The predicted octanol–water partition coefficient (Wildman–Crippen LogP) is 3.31. The second kappa shape index (κ2) is 11.1. The van der Waals surface area contributed by atoms with E-state index in [1.807, 2.05) is 6.07 Å². The van der Waals surface area contributed by atoms with Crippen LogP contribution in [0.1, 0.15) is 4.88 Å². The van der Waals surface area contributed by atoms with Gasteiger partial charge in [-0.2, -0.15) is 0 Å². The van der Waals surface area contributed by atoms with Crippen LogP contribution in [0.3, 0.4) is 0 Å². The number of nitrogens with one attached hydrogen (secondary N) is 2. The zero-order valence-corrected chi connectivity index (χ0v) is 19.3. The molecule has 0 aliphatic rings. The first kappa shape index (κ1) is 22.4. The molecular formula is C16H21BrIN3O2S2. The molecule has 0 bridgehead atoms. The van der Waals surface area contributed by atoms with Gasteiger partial charge in [0.1, 0.15) is 0 Å². The average Bonchev–Trinajstić information content (AvgIpc) is 3.07. The molecule has 0 fully saturated rings. The molecule has 0 saturated carbocycles. The number of hydrogen-bond acceptors (Lipinski definition) is 4. The van der Waals surface area contributed by atoms with Crippen molar-refractivity contribution in [1.82, 2.24) is 10.6 Å². The van der Waals surface area contributed by atoms with Gasteiger partial charge in [-0.25, -0.2) is 8.42 Å². The number of hydrogen-bond donors (Lipinski definition) is 2. The summed E-state index contributed by atoms with van der Waals surface area (Å²) in [4.78, 5) is 5.74. The van der Waals surface area contributed by atoms with Crippen LogP contribution in [0.25, 0.3) is 0 Å². The van der Waals surface area contributed by atoms with E-state index in [9.17, 15) is 8.42 Å².